The fraction of sp³-hybridized carbons (Fsp3) is 0.541. The number of urea groups is 1. The van der Waals surface area contributed by atoms with Gasteiger partial charge in [0.15, 0.2) is 0 Å². The maximum Gasteiger partial charge on any atom is 0.318 e. The number of thiazole rings is 1. The van der Waals surface area contributed by atoms with Gasteiger partial charge >= 0.3 is 6.03 Å². The van der Waals surface area contributed by atoms with Crippen molar-refractivity contribution in [1.82, 2.24) is 25.2 Å². The molecule has 1 fully saturated rings. The lowest BCUT2D eigenvalue weighted by Gasteiger charge is -2.30. The number of amides is 3. The number of hydrogen-bond donors (Lipinski definition) is 5. The molecule has 52 heavy (non-hydrogen) atoms. The van der Waals surface area contributed by atoms with E-state index >= 15 is 0 Å². The van der Waals surface area contributed by atoms with Gasteiger partial charge in [0.25, 0.3) is 0 Å². The van der Waals surface area contributed by atoms with Crippen LogP contribution in [0.4, 0.5) is 4.79 Å². The molecular weight excluding hydrogens is 703 g/mol. The highest BCUT2D eigenvalue weighted by atomic mass is 32.2. The highest BCUT2D eigenvalue weighted by Gasteiger charge is 2.32. The van der Waals surface area contributed by atoms with Crippen LogP contribution in [-0.4, -0.2) is 67.1 Å². The minimum Gasteiger partial charge on any atom is -0.390 e. The molecule has 1 heterocycles. The van der Waals surface area contributed by atoms with Crippen LogP contribution in [0.1, 0.15) is 86.3 Å². The largest absolute Gasteiger partial charge is 0.390 e. The Morgan fingerprint density at radius 3 is 2.44 bits per heavy atom. The average molecular weight is 756 g/mol. The normalized spacial score (nSPS) is 16.4. The number of carbonyl (C=O) groups excluding carboxylic acids is 2. The molecule has 0 unspecified atom stereocenters. The van der Waals surface area contributed by atoms with E-state index in [2.05, 4.69) is 25.5 Å². The van der Waals surface area contributed by atoms with E-state index in [1.807, 2.05) is 56.5 Å². The van der Waals surface area contributed by atoms with Gasteiger partial charge in [0.1, 0.15) is 17.6 Å². The van der Waals surface area contributed by atoms with Gasteiger partial charge in [-0.2, -0.15) is 4.91 Å². The van der Waals surface area contributed by atoms with Crippen LogP contribution in [0, 0.1) is 16.7 Å². The minimum absolute atomic E-state index is 0.0554. The molecule has 4 rings (SSSR count). The average Bonchev–Trinajstić information content (AvgIpc) is 3.82. The van der Waals surface area contributed by atoms with Crippen LogP contribution in [0.15, 0.2) is 64.0 Å². The van der Waals surface area contributed by atoms with Crippen LogP contribution >= 0.6 is 11.3 Å². The van der Waals surface area contributed by atoms with Gasteiger partial charge in [-0.25, -0.2) is 22.9 Å². The van der Waals surface area contributed by atoms with Crippen molar-refractivity contribution >= 4 is 33.3 Å². The number of nitrogens with zero attached hydrogens (tertiary/aromatic N) is 3. The third-order valence-electron chi connectivity index (χ3n) is 9.70. The Labute approximate surface area is 311 Å². The number of aromatic nitrogens is 1. The summed E-state index contributed by atoms with van der Waals surface area (Å²) in [5.74, 6) is -0.404. The van der Waals surface area contributed by atoms with Gasteiger partial charge in [-0.05, 0) is 54.4 Å². The Morgan fingerprint density at radius 1 is 1.10 bits per heavy atom. The second-order valence-corrected chi connectivity index (χ2v) is 16.6. The van der Waals surface area contributed by atoms with Crippen LogP contribution in [0.25, 0.3) is 0 Å². The van der Waals surface area contributed by atoms with Crippen molar-refractivity contribution in [2.75, 3.05) is 13.6 Å². The summed E-state index contributed by atoms with van der Waals surface area (Å²) >= 11 is 1.42. The number of rotatable bonds is 19. The number of nitroso groups, excluding NO2 is 1. The molecule has 0 aliphatic heterocycles. The SMILES string of the molecule is CC[C@H](C)[C@H](NC(=O)N(C)Cc1csc([C@H](C)N)n1)C(=O)N[C@@H](Cc1ccccc1)[C@H](O)CNS(=O)(=O)c1ccc(CN=O)cc1CC1CCCC1. The van der Waals surface area contributed by atoms with Gasteiger partial charge in [-0.1, -0.05) is 93.6 Å². The van der Waals surface area contributed by atoms with E-state index in [-0.39, 0.29) is 42.9 Å². The van der Waals surface area contributed by atoms with Crippen molar-refractivity contribution in [2.24, 2.45) is 22.7 Å². The van der Waals surface area contributed by atoms with Gasteiger partial charge in [0.05, 0.1) is 35.3 Å². The predicted molar refractivity (Wildman–Crippen MR) is 203 cm³/mol. The van der Waals surface area contributed by atoms with Gasteiger partial charge in [-0.3, -0.25) is 4.79 Å². The van der Waals surface area contributed by atoms with Gasteiger partial charge < -0.3 is 26.4 Å². The topological polar surface area (TPSA) is 196 Å². The van der Waals surface area contributed by atoms with Crippen LogP contribution in [-0.2, 0) is 40.7 Å². The number of nitrogens with two attached hydrogens (primary N) is 1. The maximum absolute atomic E-state index is 13.9. The van der Waals surface area contributed by atoms with Crippen molar-refractivity contribution in [2.45, 2.75) is 108 Å². The molecule has 1 aromatic heterocycles. The lowest BCUT2D eigenvalue weighted by atomic mass is 9.96. The van der Waals surface area contributed by atoms with Crippen molar-refractivity contribution < 1.29 is 23.1 Å². The predicted octanol–water partition coefficient (Wildman–Crippen LogP) is 4.78. The first-order valence-electron chi connectivity index (χ1n) is 18.0. The summed E-state index contributed by atoms with van der Waals surface area (Å²) in [5.41, 5.74) is 8.70. The zero-order valence-corrected chi connectivity index (χ0v) is 32.1. The molecule has 1 aliphatic carbocycles. The minimum atomic E-state index is -4.09. The second-order valence-electron chi connectivity index (χ2n) is 13.9. The Balaban J connectivity index is 1.49. The van der Waals surface area contributed by atoms with Crippen LogP contribution in [0.2, 0.25) is 0 Å². The number of sulfonamides is 1. The van der Waals surface area contributed by atoms with Crippen molar-refractivity contribution in [3.63, 3.8) is 0 Å². The van der Waals surface area contributed by atoms with E-state index in [0.29, 0.717) is 35.6 Å². The third-order valence-corrected chi connectivity index (χ3v) is 12.3. The summed E-state index contributed by atoms with van der Waals surface area (Å²) in [5, 5.41) is 22.9. The number of aliphatic hydroxyl groups is 1. The molecule has 13 nitrogen and oxygen atoms in total. The summed E-state index contributed by atoms with van der Waals surface area (Å²) < 4.78 is 30.0. The lowest BCUT2D eigenvalue weighted by Crippen LogP contribution is -2.58. The molecular formula is C37H53N7O6S2. The molecule has 0 bridgehead atoms. The Bertz CT molecular complexity index is 1730. The molecule has 6 N–H and O–H groups in total. The lowest BCUT2D eigenvalue weighted by molar-refractivity contribution is -0.125. The molecule has 1 aliphatic rings. The summed E-state index contributed by atoms with van der Waals surface area (Å²) in [6.07, 6.45) is 4.26. The molecule has 284 valence electrons. The first-order valence-corrected chi connectivity index (χ1v) is 20.3. The molecule has 0 saturated heterocycles. The fourth-order valence-electron chi connectivity index (χ4n) is 6.46. The van der Waals surface area contributed by atoms with E-state index in [0.717, 1.165) is 36.3 Å². The monoisotopic (exact) mass is 755 g/mol. The second kappa shape index (κ2) is 19.4. The number of benzene rings is 2. The number of hydrogen-bond acceptors (Lipinski definition) is 10. The first kappa shape index (κ1) is 41.0. The molecule has 15 heteroatoms. The van der Waals surface area contributed by atoms with Gasteiger partial charge in [0, 0.05) is 19.0 Å². The zero-order valence-electron chi connectivity index (χ0n) is 30.5. The van der Waals surface area contributed by atoms with Crippen LogP contribution in [0.5, 0.6) is 0 Å². The Kier molecular flexibility index (Phi) is 15.3. The number of carbonyl (C=O) groups is 2. The Morgan fingerprint density at radius 2 is 1.81 bits per heavy atom. The standard InChI is InChI=1S/C37H53N7O6S2/c1-5-24(2)34(43-37(47)44(4)22-30-23-51-36(41-30)25(3)38)35(46)42-31(19-27-11-7-6-8-12-27)32(45)21-40-52(49,50)33-16-15-28(20-39-48)18-29(33)17-26-13-9-10-14-26/h6-8,11-12,15-16,18,23-26,31-32,34,40,45H,5,9-10,13-14,17,19-22,38H2,1-4H3,(H,42,46)(H,43,47)/t24-,25-,31-,32+,34-/m0/s1. The highest BCUT2D eigenvalue weighted by molar-refractivity contribution is 7.89. The molecule has 3 amide bonds. The molecule has 0 radical (unpaired) electrons. The number of nitrogens with one attached hydrogen (secondary N) is 3. The quantitative estimate of drug-likeness (QED) is 0.108. The fourth-order valence-corrected chi connectivity index (χ4v) is 8.51. The summed E-state index contributed by atoms with van der Waals surface area (Å²) in [7, 11) is -2.47. The van der Waals surface area contributed by atoms with E-state index < -0.39 is 40.1 Å². The van der Waals surface area contributed by atoms with Gasteiger partial charge in [-0.15, -0.1) is 11.3 Å². The molecule has 0 spiro atoms. The summed E-state index contributed by atoms with van der Waals surface area (Å²) in [6, 6.07) is 11.6. The van der Waals surface area contributed by atoms with E-state index in [1.54, 1.807) is 19.2 Å². The molecule has 1 saturated carbocycles. The zero-order chi connectivity index (χ0) is 37.8. The molecule has 5 atom stereocenters. The van der Waals surface area contributed by atoms with Crippen molar-refractivity contribution in [3.8, 4) is 0 Å². The molecule has 2 aromatic carbocycles. The van der Waals surface area contributed by atoms with E-state index in [4.69, 9.17) is 5.73 Å². The highest BCUT2D eigenvalue weighted by Crippen LogP contribution is 2.31. The van der Waals surface area contributed by atoms with Crippen molar-refractivity contribution in [3.05, 3.63) is 86.2 Å². The van der Waals surface area contributed by atoms with E-state index in [9.17, 15) is 28.0 Å². The van der Waals surface area contributed by atoms with E-state index in [1.165, 1.54) is 22.3 Å². The third kappa shape index (κ3) is 11.6. The summed E-state index contributed by atoms with van der Waals surface area (Å²) in [4.78, 5) is 44.2. The smallest absolute Gasteiger partial charge is 0.318 e. The number of aliphatic hydroxyl groups excluding tert-OH is 1. The Hall–Kier alpha value is -3.76. The van der Waals surface area contributed by atoms with Crippen LogP contribution in [0.3, 0.4) is 0 Å². The first-order chi connectivity index (χ1) is 24.8. The van der Waals surface area contributed by atoms with Crippen LogP contribution < -0.4 is 21.1 Å². The van der Waals surface area contributed by atoms with Gasteiger partial charge in [0.2, 0.25) is 15.9 Å². The van der Waals surface area contributed by atoms with Crippen molar-refractivity contribution in [1.29, 1.82) is 0 Å². The summed E-state index contributed by atoms with van der Waals surface area (Å²) in [6.45, 7) is 5.41. The maximum atomic E-state index is 13.9. The molecule has 3 aromatic rings.